The lowest BCUT2D eigenvalue weighted by atomic mass is 10.2. The van der Waals surface area contributed by atoms with Crippen LogP contribution in [0.5, 0.6) is 5.75 Å². The largest absolute Gasteiger partial charge is 0.482 e. The van der Waals surface area contributed by atoms with Gasteiger partial charge in [0.1, 0.15) is 18.5 Å². The molecular weight excluding hydrogens is 409 g/mol. The second kappa shape index (κ2) is 6.63. The van der Waals surface area contributed by atoms with E-state index in [9.17, 15) is 18.0 Å². The number of nitrogens with zero attached hydrogens (tertiary/aromatic N) is 5. The van der Waals surface area contributed by atoms with Crippen LogP contribution in [0, 0.1) is 5.82 Å². The summed E-state index contributed by atoms with van der Waals surface area (Å²) in [7, 11) is 0. The van der Waals surface area contributed by atoms with E-state index < -0.39 is 30.6 Å². The van der Waals surface area contributed by atoms with Crippen LogP contribution in [0.15, 0.2) is 23.2 Å². The molecule has 0 atom stereocenters. The van der Waals surface area contributed by atoms with Gasteiger partial charge < -0.3 is 10.5 Å². The van der Waals surface area contributed by atoms with Crippen LogP contribution in [0.3, 0.4) is 0 Å². The number of nitrogen functional groups attached to an aromatic ring is 1. The summed E-state index contributed by atoms with van der Waals surface area (Å²) in [6.45, 7) is -3.58. The van der Waals surface area contributed by atoms with E-state index in [0.717, 1.165) is 0 Å². The zero-order chi connectivity index (χ0) is 18.1. The molecule has 0 spiro atoms. The van der Waals surface area contributed by atoms with Crippen molar-refractivity contribution >= 4 is 38.4 Å². The second-order valence-electron chi connectivity index (χ2n) is 4.69. The lowest BCUT2D eigenvalue weighted by molar-refractivity contribution is 0.0556. The van der Waals surface area contributed by atoms with Gasteiger partial charge in [0.05, 0.1) is 10.9 Å². The molecule has 1 aromatic carbocycles. The van der Waals surface area contributed by atoms with Crippen LogP contribution in [-0.4, -0.2) is 37.1 Å². The molecule has 0 amide bonds. The van der Waals surface area contributed by atoms with E-state index in [4.69, 9.17) is 10.5 Å². The van der Waals surface area contributed by atoms with Gasteiger partial charge in [-0.2, -0.15) is 13.5 Å². The van der Waals surface area contributed by atoms with Gasteiger partial charge in [-0.1, -0.05) is 0 Å². The SMILES string of the molecule is Nc1ncnc2c(Br)cc(OCC(=O)c3ncn(C(F)F)n3)c(F)c12. The Morgan fingerprint density at radius 3 is 2.80 bits per heavy atom. The van der Waals surface area contributed by atoms with Crippen LogP contribution in [0.25, 0.3) is 10.9 Å². The van der Waals surface area contributed by atoms with Crippen LogP contribution in [0.4, 0.5) is 19.0 Å². The molecule has 2 N–H and O–H groups in total. The van der Waals surface area contributed by atoms with Gasteiger partial charge in [-0.05, 0) is 22.0 Å². The fraction of sp³-hybridized carbons (Fsp3) is 0.154. The Kier molecular flexibility index (Phi) is 4.53. The quantitative estimate of drug-likeness (QED) is 0.635. The fourth-order valence-corrected chi connectivity index (χ4v) is 2.48. The van der Waals surface area contributed by atoms with Crippen molar-refractivity contribution in [2.45, 2.75) is 6.55 Å². The summed E-state index contributed by atoms with van der Waals surface area (Å²) in [5.74, 6) is -2.51. The Balaban J connectivity index is 1.84. The summed E-state index contributed by atoms with van der Waals surface area (Å²) in [5.41, 5.74) is 5.88. The van der Waals surface area contributed by atoms with E-state index in [-0.39, 0.29) is 27.2 Å². The molecule has 0 unspecified atom stereocenters. The van der Waals surface area contributed by atoms with Crippen molar-refractivity contribution in [2.24, 2.45) is 0 Å². The molecule has 25 heavy (non-hydrogen) atoms. The first kappa shape index (κ1) is 17.1. The minimum Gasteiger partial charge on any atom is -0.482 e. The molecule has 2 heterocycles. The summed E-state index contributed by atoms with van der Waals surface area (Å²) >= 11 is 3.20. The van der Waals surface area contributed by atoms with Crippen LogP contribution in [0.2, 0.25) is 0 Å². The number of nitrogens with two attached hydrogens (primary N) is 1. The summed E-state index contributed by atoms with van der Waals surface area (Å²) in [4.78, 5) is 23.0. The third-order valence-electron chi connectivity index (χ3n) is 3.11. The van der Waals surface area contributed by atoms with Gasteiger partial charge >= 0.3 is 6.55 Å². The van der Waals surface area contributed by atoms with E-state index in [1.165, 1.54) is 12.4 Å². The number of hydrogen-bond donors (Lipinski definition) is 1. The van der Waals surface area contributed by atoms with Gasteiger partial charge in [0.2, 0.25) is 11.6 Å². The summed E-state index contributed by atoms with van der Waals surface area (Å²) in [6.07, 6.45) is 1.89. The third-order valence-corrected chi connectivity index (χ3v) is 3.72. The van der Waals surface area contributed by atoms with Gasteiger partial charge in [-0.15, -0.1) is 5.10 Å². The number of Topliss-reactive ketones (excluding diaryl/α,β-unsaturated/α-hetero) is 1. The highest BCUT2D eigenvalue weighted by Gasteiger charge is 2.19. The lowest BCUT2D eigenvalue weighted by Gasteiger charge is -2.10. The monoisotopic (exact) mass is 416 g/mol. The Morgan fingerprint density at radius 1 is 1.36 bits per heavy atom. The van der Waals surface area contributed by atoms with Crippen molar-refractivity contribution < 1.29 is 22.7 Å². The van der Waals surface area contributed by atoms with Gasteiger partial charge in [-0.25, -0.2) is 19.3 Å². The highest BCUT2D eigenvalue weighted by molar-refractivity contribution is 9.10. The van der Waals surface area contributed by atoms with E-state index in [2.05, 4.69) is 36.0 Å². The smallest absolute Gasteiger partial charge is 0.334 e. The first-order valence-corrected chi connectivity index (χ1v) is 7.41. The molecule has 130 valence electrons. The van der Waals surface area contributed by atoms with Crippen molar-refractivity contribution in [1.82, 2.24) is 24.7 Å². The molecule has 0 aliphatic carbocycles. The number of halogens is 4. The maximum Gasteiger partial charge on any atom is 0.334 e. The number of hydrogen-bond acceptors (Lipinski definition) is 7. The van der Waals surface area contributed by atoms with Crippen molar-refractivity contribution in [2.75, 3.05) is 12.3 Å². The number of carbonyl (C=O) groups is 1. The van der Waals surface area contributed by atoms with Gasteiger partial charge in [0.15, 0.2) is 18.2 Å². The highest BCUT2D eigenvalue weighted by atomic mass is 79.9. The Hall–Kier alpha value is -2.76. The molecule has 8 nitrogen and oxygen atoms in total. The number of ether oxygens (including phenoxy) is 1. The molecule has 0 radical (unpaired) electrons. The number of ketones is 1. The molecule has 2 aromatic heterocycles. The number of rotatable bonds is 5. The predicted octanol–water partition coefficient (Wildman–Crippen LogP) is 2.36. The van der Waals surface area contributed by atoms with Crippen molar-refractivity contribution in [1.29, 1.82) is 0 Å². The average molecular weight is 417 g/mol. The highest BCUT2D eigenvalue weighted by Crippen LogP contribution is 2.34. The molecule has 3 rings (SSSR count). The van der Waals surface area contributed by atoms with E-state index in [1.807, 2.05) is 0 Å². The van der Waals surface area contributed by atoms with Crippen molar-refractivity contribution in [3.05, 3.63) is 34.8 Å². The maximum absolute atomic E-state index is 14.5. The Bertz CT molecular complexity index is 964. The molecule has 0 bridgehead atoms. The average Bonchev–Trinajstić information content (AvgIpc) is 3.07. The van der Waals surface area contributed by atoms with Gasteiger partial charge in [0.25, 0.3) is 0 Å². The molecule has 3 aromatic rings. The number of fused-ring (bicyclic) bond motifs is 1. The molecule has 0 saturated carbocycles. The summed E-state index contributed by atoms with van der Waals surface area (Å²) in [6, 6.07) is 1.27. The number of carbonyl (C=O) groups excluding carboxylic acids is 1. The Morgan fingerprint density at radius 2 is 2.12 bits per heavy atom. The van der Waals surface area contributed by atoms with Crippen LogP contribution in [-0.2, 0) is 0 Å². The molecule has 0 saturated heterocycles. The summed E-state index contributed by atoms with van der Waals surface area (Å²) < 4.78 is 45.1. The molecule has 0 fully saturated rings. The van der Waals surface area contributed by atoms with Crippen LogP contribution in [0.1, 0.15) is 17.2 Å². The van der Waals surface area contributed by atoms with Crippen molar-refractivity contribution in [3.8, 4) is 5.75 Å². The third kappa shape index (κ3) is 3.24. The molecule has 0 aliphatic heterocycles. The van der Waals surface area contributed by atoms with E-state index >= 15 is 0 Å². The first-order chi connectivity index (χ1) is 11.9. The fourth-order valence-electron chi connectivity index (χ4n) is 1.98. The van der Waals surface area contributed by atoms with Gasteiger partial charge in [-0.3, -0.25) is 4.79 Å². The number of aromatic nitrogens is 5. The molecule has 12 heteroatoms. The molecular formula is C13H8BrF3N6O2. The first-order valence-electron chi connectivity index (χ1n) is 6.62. The van der Waals surface area contributed by atoms with E-state index in [1.54, 1.807) is 0 Å². The normalized spacial score (nSPS) is 11.2. The minimum absolute atomic E-state index is 0.0700. The lowest BCUT2D eigenvalue weighted by Crippen LogP contribution is -2.15. The minimum atomic E-state index is -2.92. The van der Waals surface area contributed by atoms with E-state index in [0.29, 0.717) is 10.8 Å². The maximum atomic E-state index is 14.5. The van der Waals surface area contributed by atoms with Crippen molar-refractivity contribution in [3.63, 3.8) is 0 Å². The van der Waals surface area contributed by atoms with Crippen LogP contribution < -0.4 is 10.5 Å². The number of anilines is 1. The second-order valence-corrected chi connectivity index (χ2v) is 5.55. The predicted molar refractivity (Wildman–Crippen MR) is 82.7 cm³/mol. The molecule has 0 aliphatic rings. The Labute approximate surface area is 146 Å². The van der Waals surface area contributed by atoms with Crippen LogP contribution >= 0.6 is 15.9 Å². The standard InChI is InChI=1S/C13H8BrF3N6O2/c14-5-1-7(9(15)8-10(5)19-3-20-11(8)18)25-2-6(24)12-21-4-23(22-12)13(16)17/h1,3-4,13H,2H2,(H2,18,19,20). The van der Waals surface area contributed by atoms with Gasteiger partial charge in [0, 0.05) is 4.47 Å². The topological polar surface area (TPSA) is 109 Å². The summed E-state index contributed by atoms with van der Waals surface area (Å²) in [5, 5.41) is 3.24. The zero-order valence-corrected chi connectivity index (χ0v) is 13.7. The number of benzene rings is 1. The number of alkyl halides is 2. The zero-order valence-electron chi connectivity index (χ0n) is 12.2.